The van der Waals surface area contributed by atoms with Crippen molar-refractivity contribution in [3.05, 3.63) is 59.3 Å². The number of hydrogen-bond acceptors (Lipinski definition) is 2. The zero-order chi connectivity index (χ0) is 20.8. The molecule has 2 aromatic carbocycles. The molecule has 0 aliphatic carbocycles. The number of aromatic amines is 1. The van der Waals surface area contributed by atoms with E-state index in [-0.39, 0.29) is 11.7 Å². The highest BCUT2D eigenvalue weighted by Gasteiger charge is 2.27. The highest BCUT2D eigenvalue weighted by Crippen LogP contribution is 2.37. The van der Waals surface area contributed by atoms with Crippen molar-refractivity contribution in [2.75, 3.05) is 13.1 Å². The number of fused-ring (bicyclic) bond motifs is 3. The lowest BCUT2D eigenvalue weighted by molar-refractivity contribution is 0.0258. The molecule has 152 valence electrons. The van der Waals surface area contributed by atoms with Crippen LogP contribution in [0, 0.1) is 11.6 Å². The van der Waals surface area contributed by atoms with Gasteiger partial charge in [-0.3, -0.25) is 0 Å². The third-order valence-corrected chi connectivity index (χ3v) is 5.16. The number of halogens is 2. The van der Waals surface area contributed by atoms with E-state index in [1.807, 2.05) is 26.8 Å². The second-order valence-corrected chi connectivity index (χ2v) is 8.37. The molecule has 0 fully saturated rings. The molecule has 1 aromatic heterocycles. The summed E-state index contributed by atoms with van der Waals surface area (Å²) in [5, 5.41) is 0.817. The van der Waals surface area contributed by atoms with Crippen molar-refractivity contribution in [3.8, 4) is 11.1 Å². The molecule has 6 heteroatoms. The van der Waals surface area contributed by atoms with E-state index in [1.165, 1.54) is 18.2 Å². The zero-order valence-electron chi connectivity index (χ0n) is 16.8. The van der Waals surface area contributed by atoms with E-state index in [0.29, 0.717) is 31.5 Å². The first-order valence-corrected chi connectivity index (χ1v) is 9.79. The summed E-state index contributed by atoms with van der Waals surface area (Å²) in [6.45, 7) is 6.54. The van der Waals surface area contributed by atoms with Gasteiger partial charge in [-0.15, -0.1) is 0 Å². The number of hydrogen-bond donors (Lipinski definition) is 1. The molecule has 0 saturated heterocycles. The molecule has 0 bridgehead atoms. The first-order chi connectivity index (χ1) is 13.7. The maximum Gasteiger partial charge on any atom is 0.410 e. The molecule has 2 heterocycles. The smallest absolute Gasteiger partial charge is 0.410 e. The molecule has 0 unspecified atom stereocenters. The molecule has 29 heavy (non-hydrogen) atoms. The average molecular weight is 398 g/mol. The van der Waals surface area contributed by atoms with Crippen LogP contribution in [0.5, 0.6) is 0 Å². The summed E-state index contributed by atoms with van der Waals surface area (Å²) in [5.74, 6) is -1.17. The number of carbonyl (C=O) groups is 1. The normalized spacial score (nSPS) is 14.6. The maximum atomic E-state index is 14.5. The Morgan fingerprint density at radius 3 is 2.38 bits per heavy atom. The van der Waals surface area contributed by atoms with E-state index >= 15 is 0 Å². The Bertz CT molecular complexity index is 1060. The summed E-state index contributed by atoms with van der Waals surface area (Å²) < 4.78 is 34.5. The van der Waals surface area contributed by atoms with Gasteiger partial charge in [0.15, 0.2) is 0 Å². The van der Waals surface area contributed by atoms with Gasteiger partial charge < -0.3 is 14.6 Å². The van der Waals surface area contributed by atoms with Crippen LogP contribution < -0.4 is 0 Å². The van der Waals surface area contributed by atoms with Gasteiger partial charge in [0.2, 0.25) is 0 Å². The Balaban J connectivity index is 1.74. The Labute approximate surface area is 168 Å². The highest BCUT2D eigenvalue weighted by molar-refractivity contribution is 5.99. The van der Waals surface area contributed by atoms with E-state index in [9.17, 15) is 13.6 Å². The number of amides is 1. The first-order valence-electron chi connectivity index (χ1n) is 9.79. The molecule has 1 amide bonds. The molecule has 4 rings (SSSR count). The van der Waals surface area contributed by atoms with E-state index in [1.54, 1.807) is 17.0 Å². The number of H-pyrrole nitrogens is 1. The van der Waals surface area contributed by atoms with E-state index in [4.69, 9.17) is 4.74 Å². The van der Waals surface area contributed by atoms with Crippen LogP contribution in [0.15, 0.2) is 36.4 Å². The number of nitrogens with zero attached hydrogens (tertiary/aromatic N) is 1. The predicted molar refractivity (Wildman–Crippen MR) is 109 cm³/mol. The molecule has 0 atom stereocenters. The quantitative estimate of drug-likeness (QED) is 0.593. The summed E-state index contributed by atoms with van der Waals surface area (Å²) in [6, 6.07) is 9.36. The molecule has 0 spiro atoms. The number of carbonyl (C=O) groups excluding carboxylic acids is 1. The predicted octanol–water partition coefficient (Wildman–Crippen LogP) is 5.45. The number of nitrogens with one attached hydrogen (secondary N) is 1. The largest absolute Gasteiger partial charge is 0.444 e. The maximum absolute atomic E-state index is 14.5. The van der Waals surface area contributed by atoms with Crippen LogP contribution in [0.3, 0.4) is 0 Å². The van der Waals surface area contributed by atoms with Gasteiger partial charge in [0.25, 0.3) is 0 Å². The minimum absolute atomic E-state index is 0.0202. The van der Waals surface area contributed by atoms with Crippen molar-refractivity contribution in [2.24, 2.45) is 0 Å². The van der Waals surface area contributed by atoms with Crippen LogP contribution in [0.25, 0.3) is 22.0 Å². The SMILES string of the molecule is CC(C)(C)OC(=O)N1CCc2[nH]c3cccc(-c4c(F)cccc4F)c3c2CC1. The average Bonchev–Trinajstić information content (AvgIpc) is 2.85. The summed E-state index contributed by atoms with van der Waals surface area (Å²) in [7, 11) is 0. The molecule has 3 aromatic rings. The minimum atomic E-state index is -0.587. The third-order valence-electron chi connectivity index (χ3n) is 5.16. The molecular formula is C23H24F2N2O2. The number of rotatable bonds is 1. The van der Waals surface area contributed by atoms with Gasteiger partial charge >= 0.3 is 6.09 Å². The first kappa shape index (κ1) is 19.4. The van der Waals surface area contributed by atoms with Crippen molar-refractivity contribution in [1.29, 1.82) is 0 Å². The van der Waals surface area contributed by atoms with E-state index in [2.05, 4.69) is 4.98 Å². The van der Waals surface area contributed by atoms with Crippen molar-refractivity contribution in [2.45, 2.75) is 39.2 Å². The topological polar surface area (TPSA) is 45.3 Å². The Hall–Kier alpha value is -2.89. The fourth-order valence-corrected chi connectivity index (χ4v) is 3.94. The molecular weight excluding hydrogens is 374 g/mol. The second kappa shape index (κ2) is 7.17. The zero-order valence-corrected chi connectivity index (χ0v) is 16.8. The van der Waals surface area contributed by atoms with Gasteiger partial charge in [-0.1, -0.05) is 18.2 Å². The Kier molecular flexibility index (Phi) is 4.81. The lowest BCUT2D eigenvalue weighted by atomic mass is 9.96. The Morgan fingerprint density at radius 2 is 1.69 bits per heavy atom. The van der Waals surface area contributed by atoms with Gasteiger partial charge in [0, 0.05) is 36.1 Å². The number of aromatic nitrogens is 1. The second-order valence-electron chi connectivity index (χ2n) is 8.37. The van der Waals surface area contributed by atoms with Crippen molar-refractivity contribution < 1.29 is 18.3 Å². The van der Waals surface area contributed by atoms with E-state index in [0.717, 1.165) is 22.2 Å². The minimum Gasteiger partial charge on any atom is -0.444 e. The highest BCUT2D eigenvalue weighted by atomic mass is 19.1. The summed E-state index contributed by atoms with van der Waals surface area (Å²) >= 11 is 0. The van der Waals surface area contributed by atoms with Gasteiger partial charge in [0.05, 0.1) is 5.56 Å². The molecule has 0 radical (unpaired) electrons. The summed E-state index contributed by atoms with van der Waals surface area (Å²) in [4.78, 5) is 17.6. The van der Waals surface area contributed by atoms with Crippen LogP contribution in [0.4, 0.5) is 13.6 Å². The summed E-state index contributed by atoms with van der Waals surface area (Å²) in [6.07, 6.45) is 0.872. The fraction of sp³-hybridized carbons (Fsp3) is 0.348. The number of ether oxygens (including phenoxy) is 1. The summed E-state index contributed by atoms with van der Waals surface area (Å²) in [5.41, 5.74) is 2.80. The van der Waals surface area contributed by atoms with Crippen molar-refractivity contribution in [3.63, 3.8) is 0 Å². The fourth-order valence-electron chi connectivity index (χ4n) is 3.94. The van der Waals surface area contributed by atoms with Gasteiger partial charge in [-0.2, -0.15) is 0 Å². The van der Waals surface area contributed by atoms with Crippen LogP contribution >= 0.6 is 0 Å². The van der Waals surface area contributed by atoms with Crippen molar-refractivity contribution >= 4 is 17.0 Å². The van der Waals surface area contributed by atoms with Crippen LogP contribution in [-0.4, -0.2) is 34.7 Å². The van der Waals surface area contributed by atoms with Crippen LogP contribution in [-0.2, 0) is 17.6 Å². The Morgan fingerprint density at radius 1 is 1.03 bits per heavy atom. The van der Waals surface area contributed by atoms with Gasteiger partial charge in [0.1, 0.15) is 17.2 Å². The monoisotopic (exact) mass is 398 g/mol. The van der Waals surface area contributed by atoms with E-state index < -0.39 is 17.2 Å². The lowest BCUT2D eigenvalue weighted by Gasteiger charge is -2.26. The molecule has 0 saturated carbocycles. The van der Waals surface area contributed by atoms with Gasteiger partial charge in [-0.25, -0.2) is 13.6 Å². The molecule has 4 nitrogen and oxygen atoms in total. The standard InChI is InChI=1S/C23H24F2N2O2/c1-23(2,3)29-22(28)27-12-10-14-18(11-13-27)26-19-9-4-6-15(20(14)19)21-16(24)7-5-8-17(21)25/h4-9,26H,10-13H2,1-3H3. The van der Waals surface area contributed by atoms with Crippen LogP contribution in [0.2, 0.25) is 0 Å². The molecule has 1 N–H and O–H groups in total. The third kappa shape index (κ3) is 3.71. The molecule has 1 aliphatic rings. The number of benzene rings is 2. The lowest BCUT2D eigenvalue weighted by Crippen LogP contribution is -2.38. The molecule has 1 aliphatic heterocycles. The van der Waals surface area contributed by atoms with Crippen LogP contribution in [0.1, 0.15) is 32.0 Å². The van der Waals surface area contributed by atoms with Gasteiger partial charge in [-0.05, 0) is 56.5 Å². The van der Waals surface area contributed by atoms with Crippen molar-refractivity contribution in [1.82, 2.24) is 9.88 Å².